The third-order valence-corrected chi connectivity index (χ3v) is 7.55. The Bertz CT molecular complexity index is 931. The molecule has 6 N–H and O–H groups in total. The lowest BCUT2D eigenvalue weighted by Crippen LogP contribution is -2.31. The Morgan fingerprint density at radius 1 is 1.24 bits per heavy atom. The van der Waals surface area contributed by atoms with E-state index in [1.54, 1.807) is 0 Å². The summed E-state index contributed by atoms with van der Waals surface area (Å²) in [5.41, 5.74) is 4.85. The van der Waals surface area contributed by atoms with E-state index >= 15 is 0 Å². The van der Waals surface area contributed by atoms with Gasteiger partial charge in [0.1, 0.15) is 5.82 Å². The van der Waals surface area contributed by atoms with Crippen molar-refractivity contribution in [3.05, 3.63) is 22.7 Å². The Hall–Kier alpha value is -0.950. The minimum Gasteiger partial charge on any atom is -0.383 e. The van der Waals surface area contributed by atoms with Crippen molar-refractivity contribution in [2.75, 3.05) is 12.3 Å². The fourth-order valence-corrected chi connectivity index (χ4v) is 5.64. The second kappa shape index (κ2) is 9.04. The van der Waals surface area contributed by atoms with Crippen molar-refractivity contribution in [1.82, 2.24) is 9.55 Å². The highest BCUT2D eigenvalue weighted by molar-refractivity contribution is 7.66. The van der Waals surface area contributed by atoms with Gasteiger partial charge < -0.3 is 30.0 Å². The first-order valence-electron chi connectivity index (χ1n) is 7.92. The van der Waals surface area contributed by atoms with Crippen LogP contribution in [0.1, 0.15) is 13.3 Å². The van der Waals surface area contributed by atoms with Crippen molar-refractivity contribution in [3.8, 4) is 0 Å². The molecule has 1 aliphatic heterocycles. The zero-order chi connectivity index (χ0) is 22.0. The van der Waals surface area contributed by atoms with Gasteiger partial charge in [-0.1, -0.05) is 6.92 Å². The highest BCUT2D eigenvalue weighted by atomic mass is 31.3. The van der Waals surface area contributed by atoms with Crippen molar-refractivity contribution < 1.29 is 51.2 Å². The van der Waals surface area contributed by atoms with E-state index < -0.39 is 48.0 Å². The molecule has 0 spiro atoms. The highest BCUT2D eigenvalue weighted by Gasteiger charge is 2.42. The molecule has 2 heterocycles. The number of ether oxygens (including phenoxy) is 1. The molecule has 1 saturated heterocycles. The minimum atomic E-state index is -5.57. The Labute approximate surface area is 163 Å². The van der Waals surface area contributed by atoms with Crippen LogP contribution in [0.2, 0.25) is 0 Å². The molecule has 1 aromatic heterocycles. The number of nitrogens with zero attached hydrogens (tertiary/aromatic N) is 2. The first-order valence-corrected chi connectivity index (χ1v) is 12.4. The lowest BCUT2D eigenvalue weighted by Gasteiger charge is -2.19. The van der Waals surface area contributed by atoms with E-state index in [1.165, 1.54) is 16.8 Å². The molecule has 2 unspecified atom stereocenters. The maximum atomic E-state index is 11.8. The summed E-state index contributed by atoms with van der Waals surface area (Å²) in [7, 11) is -16.2. The minimum absolute atomic E-state index is 0.0699. The van der Waals surface area contributed by atoms with Gasteiger partial charge in [-0.2, -0.15) is 13.6 Å². The molecule has 0 saturated carbocycles. The summed E-state index contributed by atoms with van der Waals surface area (Å²) in [4.78, 5) is 50.9. The molecule has 15 nitrogen and oxygen atoms in total. The molecule has 0 aromatic carbocycles. The number of nitrogen functional groups attached to an aromatic ring is 1. The van der Waals surface area contributed by atoms with Crippen LogP contribution >= 0.6 is 23.5 Å². The SMILES string of the molecule is C[C@H]1C[C@@H](COP(=O)(O)OP(=O)(O)OP(=O)(O)O)O[C@H]1Cn1ccc(N)nc1=O. The molecule has 18 heteroatoms. The van der Waals surface area contributed by atoms with Gasteiger partial charge in [0, 0.05) is 6.20 Å². The van der Waals surface area contributed by atoms with Crippen molar-refractivity contribution in [1.29, 1.82) is 0 Å². The first kappa shape index (κ1) is 24.3. The summed E-state index contributed by atoms with van der Waals surface area (Å²) in [5, 5.41) is 0. The Kier molecular flexibility index (Phi) is 7.59. The first-order chi connectivity index (χ1) is 13.2. The standard InChI is InChI=1S/C11H20N3O12P3/c1-7-4-8(24-9(7)5-14-3-2-10(12)13-11(14)15)6-23-28(19,20)26-29(21,22)25-27(16,17)18/h2-3,7-9H,4-6H2,1H3,(H,19,20)(H,21,22)(H2,12,13,15)(H2,16,17,18)/t7-,8-,9-/m0/s1. The monoisotopic (exact) mass is 479 g/mol. The van der Waals surface area contributed by atoms with Crippen molar-refractivity contribution in [2.45, 2.75) is 32.1 Å². The van der Waals surface area contributed by atoms with Crippen LogP contribution < -0.4 is 11.4 Å². The smallest absolute Gasteiger partial charge is 0.383 e. The summed E-state index contributed by atoms with van der Waals surface area (Å²) in [6.45, 7) is 1.41. The van der Waals surface area contributed by atoms with Crippen LogP contribution in [0.4, 0.5) is 5.82 Å². The van der Waals surface area contributed by atoms with Gasteiger partial charge in [-0.05, 0) is 18.4 Å². The van der Waals surface area contributed by atoms with Crippen LogP contribution in [-0.2, 0) is 38.1 Å². The van der Waals surface area contributed by atoms with E-state index in [0.29, 0.717) is 6.42 Å². The van der Waals surface area contributed by atoms with Gasteiger partial charge in [0.05, 0.1) is 25.4 Å². The van der Waals surface area contributed by atoms with Gasteiger partial charge in [-0.15, -0.1) is 0 Å². The molecular formula is C11H20N3O12P3. The van der Waals surface area contributed by atoms with Crippen LogP contribution in [0, 0.1) is 5.92 Å². The molecule has 2 rings (SSSR count). The molecule has 5 atom stereocenters. The molecule has 1 fully saturated rings. The predicted molar refractivity (Wildman–Crippen MR) is 95.2 cm³/mol. The van der Waals surface area contributed by atoms with Gasteiger partial charge in [-0.25, -0.2) is 18.5 Å². The van der Waals surface area contributed by atoms with Gasteiger partial charge in [-0.3, -0.25) is 9.09 Å². The number of nitrogens with two attached hydrogens (primary N) is 1. The summed E-state index contributed by atoms with van der Waals surface area (Å²) >= 11 is 0. The predicted octanol–water partition coefficient (Wildman–Crippen LogP) is -0.0376. The van der Waals surface area contributed by atoms with E-state index in [4.69, 9.17) is 25.2 Å². The van der Waals surface area contributed by atoms with E-state index in [-0.39, 0.29) is 18.3 Å². The zero-order valence-corrected chi connectivity index (χ0v) is 17.6. The van der Waals surface area contributed by atoms with Crippen molar-refractivity contribution >= 4 is 29.3 Å². The van der Waals surface area contributed by atoms with E-state index in [0.717, 1.165) is 0 Å². The zero-order valence-electron chi connectivity index (χ0n) is 14.9. The molecule has 0 radical (unpaired) electrons. The molecule has 0 amide bonds. The normalized spacial score (nSPS) is 26.7. The molecule has 29 heavy (non-hydrogen) atoms. The van der Waals surface area contributed by atoms with Gasteiger partial charge >= 0.3 is 29.2 Å². The number of rotatable bonds is 9. The van der Waals surface area contributed by atoms with Crippen molar-refractivity contribution in [3.63, 3.8) is 0 Å². The maximum absolute atomic E-state index is 11.8. The Balaban J connectivity index is 1.91. The Morgan fingerprint density at radius 3 is 2.48 bits per heavy atom. The summed E-state index contributed by atoms with van der Waals surface area (Å²) in [6, 6.07) is 1.44. The molecule has 0 bridgehead atoms. The maximum Gasteiger partial charge on any atom is 0.490 e. The van der Waals surface area contributed by atoms with Gasteiger partial charge in [0.25, 0.3) is 0 Å². The largest absolute Gasteiger partial charge is 0.490 e. The second-order valence-electron chi connectivity index (χ2n) is 6.18. The number of anilines is 1. The average Bonchev–Trinajstić information content (AvgIpc) is 2.85. The molecule has 1 aliphatic rings. The average molecular weight is 479 g/mol. The van der Waals surface area contributed by atoms with Gasteiger partial charge in [0.15, 0.2) is 0 Å². The summed E-state index contributed by atoms with van der Waals surface area (Å²) in [5.74, 6) is -0.0190. The van der Waals surface area contributed by atoms with Crippen LogP contribution in [0.5, 0.6) is 0 Å². The van der Waals surface area contributed by atoms with Crippen LogP contribution in [0.15, 0.2) is 17.1 Å². The lowest BCUT2D eigenvalue weighted by molar-refractivity contribution is -0.00207. The second-order valence-corrected chi connectivity index (χ2v) is 10.6. The quantitative estimate of drug-likeness (QED) is 0.293. The third-order valence-electron chi connectivity index (χ3n) is 3.75. The fraction of sp³-hybridized carbons (Fsp3) is 0.636. The van der Waals surface area contributed by atoms with E-state index in [1.807, 2.05) is 6.92 Å². The number of hydrogen-bond donors (Lipinski definition) is 5. The molecule has 1 aromatic rings. The van der Waals surface area contributed by atoms with Crippen LogP contribution in [-0.4, -0.2) is 47.9 Å². The lowest BCUT2D eigenvalue weighted by atomic mass is 10.0. The molecular weight excluding hydrogens is 459 g/mol. The van der Waals surface area contributed by atoms with Crippen molar-refractivity contribution in [2.24, 2.45) is 5.92 Å². The number of aromatic nitrogens is 2. The third kappa shape index (κ3) is 8.00. The highest BCUT2D eigenvalue weighted by Crippen LogP contribution is 2.66. The fourth-order valence-electron chi connectivity index (χ4n) is 2.59. The molecule has 0 aliphatic carbocycles. The molecule has 166 valence electrons. The van der Waals surface area contributed by atoms with E-state index in [2.05, 4.69) is 18.1 Å². The van der Waals surface area contributed by atoms with Crippen LogP contribution in [0.3, 0.4) is 0 Å². The summed E-state index contributed by atoms with van der Waals surface area (Å²) < 4.78 is 52.3. The topological polar surface area (TPSA) is 230 Å². The van der Waals surface area contributed by atoms with E-state index in [9.17, 15) is 23.4 Å². The Morgan fingerprint density at radius 2 is 1.90 bits per heavy atom. The number of phosphoric acid groups is 3. The van der Waals surface area contributed by atoms with Crippen LogP contribution in [0.25, 0.3) is 0 Å². The van der Waals surface area contributed by atoms with Gasteiger partial charge in [0.2, 0.25) is 0 Å². The number of phosphoric ester groups is 1. The number of hydrogen-bond acceptors (Lipinski definition) is 10. The summed E-state index contributed by atoms with van der Waals surface area (Å²) in [6.07, 6.45) is 0.613.